The molecule has 0 fully saturated rings. The van der Waals surface area contributed by atoms with Crippen LogP contribution in [0.15, 0.2) is 18.2 Å². The number of rotatable bonds is 5. The third-order valence-electron chi connectivity index (χ3n) is 2.17. The first-order chi connectivity index (χ1) is 8.49. The van der Waals surface area contributed by atoms with Crippen molar-refractivity contribution in [3.8, 4) is 5.75 Å². The molecule has 0 aliphatic rings. The fourth-order valence-corrected chi connectivity index (χ4v) is 1.24. The van der Waals surface area contributed by atoms with Crippen molar-refractivity contribution in [2.45, 2.75) is 13.0 Å². The number of non-ortho nitro benzene ring substituents is 1. The number of nitro groups is 1. The van der Waals surface area contributed by atoms with Crippen molar-refractivity contribution >= 4 is 17.9 Å². The summed E-state index contributed by atoms with van der Waals surface area (Å²) in [6.07, 6.45) is -0.473. The van der Waals surface area contributed by atoms with Crippen LogP contribution in [-0.4, -0.2) is 30.4 Å². The van der Waals surface area contributed by atoms with Crippen LogP contribution in [0, 0.1) is 10.1 Å². The molecule has 7 heteroatoms. The van der Waals surface area contributed by atoms with Crippen molar-refractivity contribution in [1.82, 2.24) is 0 Å². The van der Waals surface area contributed by atoms with E-state index in [1.807, 2.05) is 0 Å². The number of carbonyl (C=O) groups excluding carboxylic acids is 2. The van der Waals surface area contributed by atoms with Gasteiger partial charge in [-0.05, 0) is 13.0 Å². The molecule has 18 heavy (non-hydrogen) atoms. The number of methoxy groups -OCH3 is 1. The lowest BCUT2D eigenvalue weighted by Gasteiger charge is -2.13. The Hall–Kier alpha value is -2.44. The van der Waals surface area contributed by atoms with Crippen LogP contribution in [0.3, 0.4) is 0 Å². The third kappa shape index (κ3) is 3.03. The second-order valence-corrected chi connectivity index (χ2v) is 3.38. The second kappa shape index (κ2) is 5.76. The summed E-state index contributed by atoms with van der Waals surface area (Å²) in [7, 11) is 1.19. The Morgan fingerprint density at radius 2 is 2.17 bits per heavy atom. The van der Waals surface area contributed by atoms with Gasteiger partial charge in [0.05, 0.1) is 23.7 Å². The van der Waals surface area contributed by atoms with Crippen LogP contribution < -0.4 is 4.74 Å². The first-order valence-corrected chi connectivity index (χ1v) is 4.97. The zero-order chi connectivity index (χ0) is 13.7. The van der Waals surface area contributed by atoms with Crippen molar-refractivity contribution < 1.29 is 24.0 Å². The lowest BCUT2D eigenvalue weighted by Crippen LogP contribution is -2.25. The van der Waals surface area contributed by atoms with Gasteiger partial charge in [-0.15, -0.1) is 0 Å². The van der Waals surface area contributed by atoms with Gasteiger partial charge in [-0.3, -0.25) is 14.9 Å². The minimum atomic E-state index is -0.962. The third-order valence-corrected chi connectivity index (χ3v) is 2.17. The van der Waals surface area contributed by atoms with Gasteiger partial charge in [-0.1, -0.05) is 0 Å². The maximum atomic E-state index is 11.2. The molecule has 0 saturated carbocycles. The van der Waals surface area contributed by atoms with Gasteiger partial charge in [0.1, 0.15) is 5.75 Å². The molecule has 1 rings (SSSR count). The Morgan fingerprint density at radius 3 is 2.67 bits per heavy atom. The summed E-state index contributed by atoms with van der Waals surface area (Å²) in [6, 6.07) is 3.52. The molecule has 1 aromatic carbocycles. The van der Waals surface area contributed by atoms with Gasteiger partial charge in [0.2, 0.25) is 0 Å². The first kappa shape index (κ1) is 13.6. The zero-order valence-corrected chi connectivity index (χ0v) is 9.78. The van der Waals surface area contributed by atoms with Crippen molar-refractivity contribution in [3.05, 3.63) is 33.9 Å². The number of ether oxygens (including phenoxy) is 2. The molecular formula is C11H11NO6. The molecule has 96 valence electrons. The number of benzene rings is 1. The van der Waals surface area contributed by atoms with E-state index >= 15 is 0 Å². The van der Waals surface area contributed by atoms with E-state index in [2.05, 4.69) is 4.74 Å². The normalized spacial score (nSPS) is 11.4. The number of nitrogens with zero attached hydrogens (tertiary/aromatic N) is 1. The maximum absolute atomic E-state index is 11.2. The first-order valence-electron chi connectivity index (χ1n) is 4.97. The van der Waals surface area contributed by atoms with E-state index in [-0.39, 0.29) is 17.0 Å². The van der Waals surface area contributed by atoms with E-state index in [4.69, 9.17) is 4.74 Å². The van der Waals surface area contributed by atoms with Gasteiger partial charge >= 0.3 is 5.97 Å². The molecule has 1 atom stereocenters. The van der Waals surface area contributed by atoms with E-state index in [1.165, 1.54) is 26.2 Å². The highest BCUT2D eigenvalue weighted by Crippen LogP contribution is 2.24. The van der Waals surface area contributed by atoms with E-state index in [9.17, 15) is 19.7 Å². The summed E-state index contributed by atoms with van der Waals surface area (Å²) in [5.41, 5.74) is -0.107. The Bertz CT molecular complexity index is 484. The van der Waals surface area contributed by atoms with Gasteiger partial charge in [0.25, 0.3) is 5.69 Å². The van der Waals surface area contributed by atoms with Crippen molar-refractivity contribution in [2.24, 2.45) is 0 Å². The fraction of sp³-hybridized carbons (Fsp3) is 0.273. The predicted molar refractivity (Wildman–Crippen MR) is 60.6 cm³/mol. The number of hydrogen-bond acceptors (Lipinski definition) is 6. The molecule has 0 spiro atoms. The number of aldehydes is 1. The lowest BCUT2D eigenvalue weighted by molar-refractivity contribution is -0.384. The van der Waals surface area contributed by atoms with Crippen LogP contribution in [0.25, 0.3) is 0 Å². The molecule has 0 amide bonds. The molecule has 0 aromatic heterocycles. The van der Waals surface area contributed by atoms with Crippen LogP contribution >= 0.6 is 0 Å². The second-order valence-electron chi connectivity index (χ2n) is 3.38. The minimum Gasteiger partial charge on any atom is -0.478 e. The smallest absolute Gasteiger partial charge is 0.346 e. The van der Waals surface area contributed by atoms with Gasteiger partial charge in [-0.25, -0.2) is 4.79 Å². The van der Waals surface area contributed by atoms with Crippen LogP contribution in [0.5, 0.6) is 5.75 Å². The van der Waals surface area contributed by atoms with E-state index in [1.54, 1.807) is 0 Å². The Balaban J connectivity index is 3.05. The van der Waals surface area contributed by atoms with E-state index in [0.29, 0.717) is 6.29 Å². The molecular weight excluding hydrogens is 242 g/mol. The average molecular weight is 253 g/mol. The summed E-state index contributed by atoms with van der Waals surface area (Å²) in [6.45, 7) is 1.42. The van der Waals surface area contributed by atoms with Crippen molar-refractivity contribution in [3.63, 3.8) is 0 Å². The highest BCUT2D eigenvalue weighted by molar-refractivity contribution is 5.81. The number of carbonyl (C=O) groups is 2. The molecule has 0 bridgehead atoms. The van der Waals surface area contributed by atoms with Gasteiger partial charge in [0.15, 0.2) is 12.4 Å². The van der Waals surface area contributed by atoms with Crippen LogP contribution in [0.4, 0.5) is 5.69 Å². The Kier molecular flexibility index (Phi) is 4.36. The summed E-state index contributed by atoms with van der Waals surface area (Å²) in [5, 5.41) is 10.6. The largest absolute Gasteiger partial charge is 0.478 e. The molecule has 0 radical (unpaired) electrons. The van der Waals surface area contributed by atoms with Crippen molar-refractivity contribution in [1.29, 1.82) is 0 Å². The topological polar surface area (TPSA) is 95.7 Å². The molecule has 0 heterocycles. The number of esters is 1. The Labute approximate surface area is 102 Å². The number of hydrogen-bond donors (Lipinski definition) is 0. The maximum Gasteiger partial charge on any atom is 0.346 e. The Morgan fingerprint density at radius 1 is 1.50 bits per heavy atom. The quantitative estimate of drug-likeness (QED) is 0.340. The van der Waals surface area contributed by atoms with Gasteiger partial charge in [0, 0.05) is 6.07 Å². The highest BCUT2D eigenvalue weighted by Gasteiger charge is 2.18. The fourth-order valence-electron chi connectivity index (χ4n) is 1.24. The summed E-state index contributed by atoms with van der Waals surface area (Å²) in [4.78, 5) is 31.9. The molecule has 7 nitrogen and oxygen atoms in total. The number of nitro benzene ring substituents is 1. The van der Waals surface area contributed by atoms with Crippen LogP contribution in [-0.2, 0) is 9.53 Å². The van der Waals surface area contributed by atoms with E-state index < -0.39 is 17.0 Å². The van der Waals surface area contributed by atoms with Gasteiger partial charge < -0.3 is 9.47 Å². The van der Waals surface area contributed by atoms with Crippen LogP contribution in [0.1, 0.15) is 17.3 Å². The van der Waals surface area contributed by atoms with Gasteiger partial charge in [-0.2, -0.15) is 0 Å². The van der Waals surface area contributed by atoms with E-state index in [0.717, 1.165) is 6.07 Å². The highest BCUT2D eigenvalue weighted by atomic mass is 16.6. The summed E-state index contributed by atoms with van der Waals surface area (Å²) < 4.78 is 9.62. The molecule has 1 aromatic rings. The molecule has 0 saturated heterocycles. The monoisotopic (exact) mass is 253 g/mol. The summed E-state index contributed by atoms with van der Waals surface area (Å²) in [5.74, 6) is -0.671. The van der Waals surface area contributed by atoms with Crippen LogP contribution in [0.2, 0.25) is 0 Å². The standard InChI is InChI=1S/C11H11NO6/c1-7(11(14)17-2)18-10-5-9(12(15)16)4-3-8(10)6-13/h3-7H,1-2H3. The summed E-state index contributed by atoms with van der Waals surface area (Å²) >= 11 is 0. The molecule has 1 unspecified atom stereocenters. The predicted octanol–water partition coefficient (Wildman–Crippen LogP) is 1.35. The lowest BCUT2D eigenvalue weighted by atomic mass is 10.2. The zero-order valence-electron chi connectivity index (χ0n) is 9.78. The minimum absolute atomic E-state index is 0.0305. The molecule has 0 aliphatic heterocycles. The molecule has 0 aliphatic carbocycles. The average Bonchev–Trinajstić information content (AvgIpc) is 2.37. The van der Waals surface area contributed by atoms with Crippen molar-refractivity contribution in [2.75, 3.05) is 7.11 Å². The SMILES string of the molecule is COC(=O)C(C)Oc1cc([N+](=O)[O-])ccc1C=O. The molecule has 0 N–H and O–H groups in total.